The highest BCUT2D eigenvalue weighted by atomic mass is 79.9. The van der Waals surface area contributed by atoms with E-state index in [4.69, 9.17) is 10.5 Å². The maximum absolute atomic E-state index is 12.0. The molecule has 1 aromatic rings. The van der Waals surface area contributed by atoms with Crippen molar-refractivity contribution in [2.75, 3.05) is 6.61 Å². The summed E-state index contributed by atoms with van der Waals surface area (Å²) < 4.78 is 6.18. The molecule has 0 aliphatic carbocycles. The molecule has 1 aromatic carbocycles. The maximum atomic E-state index is 12.0. The predicted octanol–water partition coefficient (Wildman–Crippen LogP) is 1.14. The second kappa shape index (κ2) is 6.85. The van der Waals surface area contributed by atoms with Gasteiger partial charge in [-0.1, -0.05) is 34.1 Å². The number of carbonyl (C=O) groups is 2. The number of halogens is 1. The Balaban J connectivity index is 2.02. The van der Waals surface area contributed by atoms with Crippen LogP contribution in [0, 0.1) is 0 Å². The summed E-state index contributed by atoms with van der Waals surface area (Å²) in [6, 6.07) is 6.80. The first kappa shape index (κ1) is 15.0. The highest BCUT2D eigenvalue weighted by Crippen LogP contribution is 2.18. The minimum absolute atomic E-state index is 0.265. The Labute approximate surface area is 126 Å². The number of benzene rings is 1. The highest BCUT2D eigenvalue weighted by molar-refractivity contribution is 9.10. The molecule has 0 spiro atoms. The number of hydrogen-bond donors (Lipinski definition) is 2. The lowest BCUT2D eigenvalue weighted by Crippen LogP contribution is -2.49. The molecule has 0 bridgehead atoms. The van der Waals surface area contributed by atoms with E-state index in [-0.39, 0.29) is 5.91 Å². The average Bonchev–Trinajstić information content (AvgIpc) is 2.94. The van der Waals surface area contributed by atoms with Crippen molar-refractivity contribution in [1.29, 1.82) is 0 Å². The molecule has 1 fully saturated rings. The van der Waals surface area contributed by atoms with Crippen molar-refractivity contribution in [3.05, 3.63) is 34.3 Å². The second-order valence-corrected chi connectivity index (χ2v) is 5.62. The number of rotatable bonds is 5. The van der Waals surface area contributed by atoms with Crippen LogP contribution in [0.3, 0.4) is 0 Å². The standard InChI is InChI=1S/C14H17BrN2O3/c15-10-5-2-1-4-9(10)8-11(13(16)18)17-14(19)12-6-3-7-20-12/h1-2,4-5,11-12H,3,6-8H2,(H2,16,18)(H,17,19)/t11-,12-/m1/s1. The maximum Gasteiger partial charge on any atom is 0.249 e. The molecule has 1 heterocycles. The van der Waals surface area contributed by atoms with Crippen LogP contribution in [0.5, 0.6) is 0 Å². The Hall–Kier alpha value is -1.40. The van der Waals surface area contributed by atoms with Crippen LogP contribution in [0.15, 0.2) is 28.7 Å². The van der Waals surface area contributed by atoms with E-state index in [1.165, 1.54) is 0 Å². The van der Waals surface area contributed by atoms with Gasteiger partial charge in [0.25, 0.3) is 0 Å². The summed E-state index contributed by atoms with van der Waals surface area (Å²) in [5, 5.41) is 2.67. The fourth-order valence-corrected chi connectivity index (χ4v) is 2.60. The Morgan fingerprint density at radius 1 is 1.45 bits per heavy atom. The molecule has 0 aromatic heterocycles. The molecular formula is C14H17BrN2O3. The van der Waals surface area contributed by atoms with Crippen molar-refractivity contribution >= 4 is 27.7 Å². The van der Waals surface area contributed by atoms with Crippen LogP contribution in [0.1, 0.15) is 18.4 Å². The van der Waals surface area contributed by atoms with Crippen molar-refractivity contribution < 1.29 is 14.3 Å². The molecule has 2 rings (SSSR count). The van der Waals surface area contributed by atoms with Gasteiger partial charge in [-0.05, 0) is 24.5 Å². The third-order valence-electron chi connectivity index (χ3n) is 3.26. The van der Waals surface area contributed by atoms with Crippen LogP contribution in [0.2, 0.25) is 0 Å². The number of carbonyl (C=O) groups excluding carboxylic acids is 2. The zero-order chi connectivity index (χ0) is 14.5. The lowest BCUT2D eigenvalue weighted by molar-refractivity contribution is -0.133. The van der Waals surface area contributed by atoms with Crippen LogP contribution in [0.25, 0.3) is 0 Å². The van der Waals surface area contributed by atoms with E-state index in [0.717, 1.165) is 16.5 Å². The van der Waals surface area contributed by atoms with Gasteiger partial charge in [-0.15, -0.1) is 0 Å². The molecule has 1 aliphatic rings. The van der Waals surface area contributed by atoms with Gasteiger partial charge in [-0.3, -0.25) is 9.59 Å². The fraction of sp³-hybridized carbons (Fsp3) is 0.429. The van der Waals surface area contributed by atoms with E-state index in [1.54, 1.807) is 0 Å². The van der Waals surface area contributed by atoms with Gasteiger partial charge < -0.3 is 15.8 Å². The van der Waals surface area contributed by atoms with Gasteiger partial charge in [0.2, 0.25) is 11.8 Å². The SMILES string of the molecule is NC(=O)[C@@H](Cc1ccccc1Br)NC(=O)[C@H]1CCCO1. The number of hydrogen-bond acceptors (Lipinski definition) is 3. The van der Waals surface area contributed by atoms with E-state index >= 15 is 0 Å². The van der Waals surface area contributed by atoms with Gasteiger partial charge in [-0.2, -0.15) is 0 Å². The van der Waals surface area contributed by atoms with Gasteiger partial charge in [0.1, 0.15) is 12.1 Å². The minimum atomic E-state index is -0.731. The molecular weight excluding hydrogens is 324 g/mol. The summed E-state index contributed by atoms with van der Waals surface area (Å²) in [5.74, 6) is -0.814. The smallest absolute Gasteiger partial charge is 0.249 e. The number of nitrogens with two attached hydrogens (primary N) is 1. The molecule has 5 nitrogen and oxygen atoms in total. The number of primary amides is 1. The largest absolute Gasteiger partial charge is 0.368 e. The molecule has 0 unspecified atom stereocenters. The second-order valence-electron chi connectivity index (χ2n) is 4.76. The topological polar surface area (TPSA) is 81.4 Å². The van der Waals surface area contributed by atoms with Crippen molar-refractivity contribution in [3.8, 4) is 0 Å². The third kappa shape index (κ3) is 3.80. The molecule has 0 radical (unpaired) electrons. The molecule has 3 N–H and O–H groups in total. The van der Waals surface area contributed by atoms with Crippen LogP contribution in [-0.2, 0) is 20.7 Å². The summed E-state index contributed by atoms with van der Waals surface area (Å²) in [7, 11) is 0. The van der Waals surface area contributed by atoms with E-state index in [2.05, 4.69) is 21.2 Å². The lowest BCUT2D eigenvalue weighted by Gasteiger charge is -2.18. The monoisotopic (exact) mass is 340 g/mol. The molecule has 2 amide bonds. The lowest BCUT2D eigenvalue weighted by atomic mass is 10.0. The van der Waals surface area contributed by atoms with Crippen LogP contribution < -0.4 is 11.1 Å². The molecule has 20 heavy (non-hydrogen) atoms. The van der Waals surface area contributed by atoms with Gasteiger partial charge in [0.15, 0.2) is 0 Å². The molecule has 6 heteroatoms. The van der Waals surface area contributed by atoms with E-state index in [0.29, 0.717) is 19.4 Å². The van der Waals surface area contributed by atoms with Crippen LogP contribution in [0.4, 0.5) is 0 Å². The minimum Gasteiger partial charge on any atom is -0.368 e. The fourth-order valence-electron chi connectivity index (χ4n) is 2.16. The summed E-state index contributed by atoms with van der Waals surface area (Å²) in [4.78, 5) is 23.5. The van der Waals surface area contributed by atoms with Crippen molar-refractivity contribution in [2.45, 2.75) is 31.4 Å². The van der Waals surface area contributed by atoms with E-state index in [9.17, 15) is 9.59 Å². The number of amides is 2. The summed E-state index contributed by atoms with van der Waals surface area (Å²) >= 11 is 3.42. The van der Waals surface area contributed by atoms with E-state index in [1.807, 2.05) is 24.3 Å². The molecule has 1 saturated heterocycles. The summed E-state index contributed by atoms with van der Waals surface area (Å²) in [6.07, 6.45) is 1.45. The Morgan fingerprint density at radius 2 is 2.20 bits per heavy atom. The quantitative estimate of drug-likeness (QED) is 0.843. The first-order valence-electron chi connectivity index (χ1n) is 6.52. The van der Waals surface area contributed by atoms with Crippen molar-refractivity contribution in [2.24, 2.45) is 5.73 Å². The zero-order valence-electron chi connectivity index (χ0n) is 11.0. The third-order valence-corrected chi connectivity index (χ3v) is 4.04. The molecule has 0 saturated carbocycles. The normalized spacial score (nSPS) is 19.6. The van der Waals surface area contributed by atoms with Crippen molar-refractivity contribution in [3.63, 3.8) is 0 Å². The summed E-state index contributed by atoms with van der Waals surface area (Å²) in [5.41, 5.74) is 6.29. The first-order valence-corrected chi connectivity index (χ1v) is 7.32. The molecule has 1 aliphatic heterocycles. The first-order chi connectivity index (χ1) is 9.58. The van der Waals surface area contributed by atoms with Gasteiger partial charge in [0, 0.05) is 17.5 Å². The van der Waals surface area contributed by atoms with E-state index < -0.39 is 18.1 Å². The van der Waals surface area contributed by atoms with Crippen LogP contribution in [-0.4, -0.2) is 30.6 Å². The molecule has 108 valence electrons. The van der Waals surface area contributed by atoms with Gasteiger partial charge in [-0.25, -0.2) is 0 Å². The molecule has 2 atom stereocenters. The summed E-state index contributed by atoms with van der Waals surface area (Å²) in [6.45, 7) is 0.587. The number of nitrogens with one attached hydrogen (secondary N) is 1. The Morgan fingerprint density at radius 3 is 2.80 bits per heavy atom. The highest BCUT2D eigenvalue weighted by Gasteiger charge is 2.27. The predicted molar refractivity (Wildman–Crippen MR) is 77.9 cm³/mol. The van der Waals surface area contributed by atoms with Gasteiger partial charge in [0.05, 0.1) is 0 Å². The Bertz CT molecular complexity index is 501. The van der Waals surface area contributed by atoms with Crippen molar-refractivity contribution in [1.82, 2.24) is 5.32 Å². The zero-order valence-corrected chi connectivity index (χ0v) is 12.6. The Kier molecular flexibility index (Phi) is 5.14. The number of ether oxygens (including phenoxy) is 1. The average molecular weight is 341 g/mol. The van der Waals surface area contributed by atoms with Gasteiger partial charge >= 0.3 is 0 Å². The van der Waals surface area contributed by atoms with Crippen LogP contribution >= 0.6 is 15.9 Å².